The van der Waals surface area contributed by atoms with Crippen LogP contribution in [0.4, 0.5) is 15.8 Å². The monoisotopic (exact) mass is 235 g/mol. The molecular formula is C11H10FN3O2. The number of amides is 2. The van der Waals surface area contributed by atoms with E-state index in [4.69, 9.17) is 0 Å². The Kier molecular flexibility index (Phi) is 2.12. The molecule has 5 nitrogen and oxygen atoms in total. The third kappa shape index (κ3) is 1.41. The summed E-state index contributed by atoms with van der Waals surface area (Å²) < 4.78 is 13.8. The van der Waals surface area contributed by atoms with Crippen LogP contribution in [0.15, 0.2) is 18.2 Å². The average Bonchev–Trinajstić information content (AvgIpc) is 2.30. The van der Waals surface area contributed by atoms with Crippen molar-refractivity contribution in [3.63, 3.8) is 0 Å². The smallest absolute Gasteiger partial charge is 0.248 e. The van der Waals surface area contributed by atoms with Crippen molar-refractivity contribution >= 4 is 23.2 Å². The van der Waals surface area contributed by atoms with E-state index in [0.29, 0.717) is 12.2 Å². The van der Waals surface area contributed by atoms with Gasteiger partial charge in [-0.2, -0.15) is 0 Å². The normalized spacial score (nSPS) is 22.9. The van der Waals surface area contributed by atoms with Crippen LogP contribution in [0.5, 0.6) is 0 Å². The largest absolute Gasteiger partial charge is 0.322 e. The number of rotatable bonds is 0. The van der Waals surface area contributed by atoms with Crippen molar-refractivity contribution in [2.75, 3.05) is 23.3 Å². The minimum absolute atomic E-state index is 0.123. The fourth-order valence-corrected chi connectivity index (χ4v) is 2.23. The first-order chi connectivity index (χ1) is 8.18. The summed E-state index contributed by atoms with van der Waals surface area (Å²) in [5.41, 5.74) is 0.519. The van der Waals surface area contributed by atoms with E-state index >= 15 is 0 Å². The van der Waals surface area contributed by atoms with Gasteiger partial charge in [-0.1, -0.05) is 6.07 Å². The molecule has 2 aliphatic rings. The first-order valence-electron chi connectivity index (χ1n) is 5.30. The number of halogens is 1. The van der Waals surface area contributed by atoms with E-state index in [1.807, 2.05) is 0 Å². The number of fused-ring (bicyclic) bond motifs is 3. The number of nitrogens with zero attached hydrogens (tertiary/aromatic N) is 1. The first-order valence-corrected chi connectivity index (χ1v) is 5.30. The zero-order valence-corrected chi connectivity index (χ0v) is 8.87. The van der Waals surface area contributed by atoms with Gasteiger partial charge in [0.15, 0.2) is 0 Å². The standard InChI is InChI=1S/C11H10FN3O2/c12-6-2-1-3-7-10(6)15-8(11(17)14-7)4-13-5-9(15)16/h1-3,8,13H,4-5H2,(H,14,17). The average molecular weight is 235 g/mol. The molecule has 1 saturated heterocycles. The van der Waals surface area contributed by atoms with Crippen LogP contribution in [0, 0.1) is 5.82 Å². The molecule has 0 aromatic heterocycles. The van der Waals surface area contributed by atoms with Gasteiger partial charge in [-0.3, -0.25) is 14.5 Å². The highest BCUT2D eigenvalue weighted by Crippen LogP contribution is 2.35. The van der Waals surface area contributed by atoms with Gasteiger partial charge in [0, 0.05) is 6.54 Å². The van der Waals surface area contributed by atoms with Crippen LogP contribution in [0.25, 0.3) is 0 Å². The van der Waals surface area contributed by atoms with E-state index in [0.717, 1.165) is 0 Å². The van der Waals surface area contributed by atoms with Crippen LogP contribution in [0.3, 0.4) is 0 Å². The maximum atomic E-state index is 13.8. The molecule has 2 amide bonds. The van der Waals surface area contributed by atoms with Crippen molar-refractivity contribution in [2.45, 2.75) is 6.04 Å². The number of hydrogen-bond acceptors (Lipinski definition) is 3. The predicted molar refractivity (Wildman–Crippen MR) is 59.2 cm³/mol. The van der Waals surface area contributed by atoms with Crippen LogP contribution in [-0.2, 0) is 9.59 Å². The van der Waals surface area contributed by atoms with Gasteiger partial charge >= 0.3 is 0 Å². The minimum atomic E-state index is -0.666. The SMILES string of the molecule is O=C1Nc2cccc(F)c2N2C(=O)CNCC12. The Bertz CT molecular complexity index is 517. The number of para-hydroxylation sites is 1. The van der Waals surface area contributed by atoms with E-state index in [1.165, 1.54) is 17.0 Å². The van der Waals surface area contributed by atoms with Gasteiger partial charge in [-0.05, 0) is 12.1 Å². The fourth-order valence-electron chi connectivity index (χ4n) is 2.23. The maximum Gasteiger partial charge on any atom is 0.248 e. The van der Waals surface area contributed by atoms with E-state index < -0.39 is 11.9 Å². The summed E-state index contributed by atoms with van der Waals surface area (Å²) in [5, 5.41) is 5.45. The molecule has 0 aliphatic carbocycles. The van der Waals surface area contributed by atoms with Crippen molar-refractivity contribution in [3.05, 3.63) is 24.0 Å². The van der Waals surface area contributed by atoms with Gasteiger partial charge in [0.05, 0.1) is 12.2 Å². The molecule has 2 aliphatic heterocycles. The summed E-state index contributed by atoms with van der Waals surface area (Å²) in [6, 6.07) is 3.70. The topological polar surface area (TPSA) is 61.4 Å². The molecule has 88 valence electrons. The molecule has 1 atom stereocenters. The van der Waals surface area contributed by atoms with E-state index in [1.54, 1.807) is 6.07 Å². The third-order valence-corrected chi connectivity index (χ3v) is 2.98. The molecule has 1 fully saturated rings. The number of carbonyl (C=O) groups is 2. The van der Waals surface area contributed by atoms with Gasteiger partial charge in [-0.25, -0.2) is 4.39 Å². The molecule has 1 unspecified atom stereocenters. The highest BCUT2D eigenvalue weighted by Gasteiger charge is 2.40. The molecule has 1 aromatic carbocycles. The second kappa shape index (κ2) is 3.53. The molecule has 1 aromatic rings. The van der Waals surface area contributed by atoms with Crippen LogP contribution in [0.1, 0.15) is 0 Å². The minimum Gasteiger partial charge on any atom is -0.322 e. The quantitative estimate of drug-likeness (QED) is 0.669. The summed E-state index contributed by atoms with van der Waals surface area (Å²) in [4.78, 5) is 24.8. The molecule has 2 heterocycles. The van der Waals surface area contributed by atoms with Crippen molar-refractivity contribution in [1.29, 1.82) is 0 Å². The zero-order chi connectivity index (χ0) is 12.0. The Morgan fingerprint density at radius 2 is 2.18 bits per heavy atom. The number of piperazine rings is 1. The lowest BCUT2D eigenvalue weighted by Crippen LogP contribution is -2.61. The Balaban J connectivity index is 2.18. The van der Waals surface area contributed by atoms with Crippen molar-refractivity contribution in [3.8, 4) is 0 Å². The van der Waals surface area contributed by atoms with Crippen molar-refractivity contribution in [1.82, 2.24) is 5.32 Å². The van der Waals surface area contributed by atoms with Crippen molar-refractivity contribution in [2.24, 2.45) is 0 Å². The highest BCUT2D eigenvalue weighted by atomic mass is 19.1. The van der Waals surface area contributed by atoms with E-state index in [-0.39, 0.29) is 24.0 Å². The van der Waals surface area contributed by atoms with Gasteiger partial charge in [0.2, 0.25) is 11.8 Å². The second-order valence-electron chi connectivity index (χ2n) is 4.04. The van der Waals surface area contributed by atoms with Gasteiger partial charge < -0.3 is 10.6 Å². The van der Waals surface area contributed by atoms with Crippen LogP contribution in [-0.4, -0.2) is 30.9 Å². The Hall–Kier alpha value is -1.95. The second-order valence-corrected chi connectivity index (χ2v) is 4.04. The summed E-state index contributed by atoms with van der Waals surface area (Å²) in [5.74, 6) is -1.08. The van der Waals surface area contributed by atoms with Crippen LogP contribution < -0.4 is 15.5 Å². The van der Waals surface area contributed by atoms with Crippen LogP contribution in [0.2, 0.25) is 0 Å². The van der Waals surface area contributed by atoms with Crippen molar-refractivity contribution < 1.29 is 14.0 Å². The fraction of sp³-hybridized carbons (Fsp3) is 0.273. The molecule has 0 radical (unpaired) electrons. The molecule has 2 N–H and O–H groups in total. The zero-order valence-electron chi connectivity index (χ0n) is 8.87. The Morgan fingerprint density at radius 3 is 3.00 bits per heavy atom. The third-order valence-electron chi connectivity index (χ3n) is 2.98. The van der Waals surface area contributed by atoms with E-state index in [9.17, 15) is 14.0 Å². The molecule has 6 heteroatoms. The van der Waals surface area contributed by atoms with Gasteiger partial charge in [0.1, 0.15) is 17.5 Å². The lowest BCUT2D eigenvalue weighted by Gasteiger charge is -2.39. The lowest BCUT2D eigenvalue weighted by molar-refractivity contribution is -0.125. The molecule has 17 heavy (non-hydrogen) atoms. The summed E-state index contributed by atoms with van der Waals surface area (Å²) in [6.07, 6.45) is 0. The maximum absolute atomic E-state index is 13.8. The first kappa shape index (κ1) is 10.2. The molecular weight excluding hydrogens is 225 g/mol. The number of anilines is 2. The van der Waals surface area contributed by atoms with Gasteiger partial charge in [-0.15, -0.1) is 0 Å². The Labute approximate surface area is 96.6 Å². The predicted octanol–water partition coefficient (Wildman–Crippen LogP) is 0.0826. The Morgan fingerprint density at radius 1 is 1.35 bits per heavy atom. The highest BCUT2D eigenvalue weighted by molar-refractivity contribution is 6.13. The number of hydrogen-bond donors (Lipinski definition) is 2. The summed E-state index contributed by atoms with van der Waals surface area (Å²) in [6.45, 7) is 0.461. The molecule has 0 spiro atoms. The molecule has 0 bridgehead atoms. The van der Waals surface area contributed by atoms with E-state index in [2.05, 4.69) is 10.6 Å². The lowest BCUT2D eigenvalue weighted by atomic mass is 10.1. The van der Waals surface area contributed by atoms with Crippen LogP contribution >= 0.6 is 0 Å². The molecule has 0 saturated carbocycles. The number of carbonyl (C=O) groups excluding carboxylic acids is 2. The summed E-state index contributed by atoms with van der Waals surface area (Å²) in [7, 11) is 0. The number of benzene rings is 1. The summed E-state index contributed by atoms with van der Waals surface area (Å²) >= 11 is 0. The van der Waals surface area contributed by atoms with Gasteiger partial charge in [0.25, 0.3) is 0 Å². The number of nitrogens with one attached hydrogen (secondary N) is 2. The molecule has 3 rings (SSSR count).